The highest BCUT2D eigenvalue weighted by Gasteiger charge is 2.24. The maximum absolute atomic E-state index is 11.9. The van der Waals surface area contributed by atoms with E-state index < -0.39 is 24.0 Å². The van der Waals surface area contributed by atoms with Crippen LogP contribution in [-0.2, 0) is 16.0 Å². The number of nitriles is 1. The third kappa shape index (κ3) is 5.19. The quantitative estimate of drug-likeness (QED) is 0.679. The molecule has 6 heteroatoms. The molecule has 6 nitrogen and oxygen atoms in total. The Bertz CT molecular complexity index is 578. The van der Waals surface area contributed by atoms with Gasteiger partial charge >= 0.3 is 0 Å². The van der Waals surface area contributed by atoms with E-state index in [0.717, 1.165) is 0 Å². The van der Waals surface area contributed by atoms with Gasteiger partial charge in [-0.1, -0.05) is 32.0 Å². The van der Waals surface area contributed by atoms with Gasteiger partial charge in [-0.2, -0.15) is 5.26 Å². The summed E-state index contributed by atoms with van der Waals surface area (Å²) in [7, 11) is 0. The van der Waals surface area contributed by atoms with E-state index in [2.05, 4.69) is 5.32 Å². The van der Waals surface area contributed by atoms with Crippen molar-refractivity contribution in [3.63, 3.8) is 0 Å². The molecule has 1 aromatic carbocycles. The zero-order valence-electron chi connectivity index (χ0n) is 12.7. The van der Waals surface area contributed by atoms with Crippen molar-refractivity contribution in [2.45, 2.75) is 38.8 Å². The van der Waals surface area contributed by atoms with Crippen LogP contribution in [0.3, 0.4) is 0 Å². The Morgan fingerprint density at radius 2 is 2.00 bits per heavy atom. The lowest BCUT2D eigenvalue weighted by molar-refractivity contribution is -0.133. The topological polar surface area (TPSA) is 116 Å². The molecule has 0 saturated heterocycles. The first-order valence-corrected chi connectivity index (χ1v) is 7.11. The van der Waals surface area contributed by atoms with Gasteiger partial charge in [-0.25, -0.2) is 0 Å². The normalized spacial score (nSPS) is 13.2. The summed E-state index contributed by atoms with van der Waals surface area (Å²) < 4.78 is 0. The molecule has 0 aliphatic carbocycles. The van der Waals surface area contributed by atoms with Crippen molar-refractivity contribution in [1.82, 2.24) is 5.32 Å². The summed E-state index contributed by atoms with van der Waals surface area (Å²) in [6, 6.07) is 7.84. The van der Waals surface area contributed by atoms with Crippen LogP contribution < -0.4 is 11.1 Å². The van der Waals surface area contributed by atoms with Crippen LogP contribution in [0.2, 0.25) is 0 Å². The molecule has 0 spiro atoms. The van der Waals surface area contributed by atoms with Crippen LogP contribution >= 0.6 is 0 Å². The Balaban J connectivity index is 2.81. The lowest BCUT2D eigenvalue weighted by Crippen LogP contribution is -2.49. The van der Waals surface area contributed by atoms with Crippen LogP contribution in [0.15, 0.2) is 24.3 Å². The van der Waals surface area contributed by atoms with Crippen molar-refractivity contribution >= 4 is 11.8 Å². The first kappa shape index (κ1) is 17.7. The predicted molar refractivity (Wildman–Crippen MR) is 81.4 cm³/mol. The molecular formula is C16H21N3O3. The van der Waals surface area contributed by atoms with Crippen molar-refractivity contribution in [2.24, 2.45) is 11.7 Å². The molecule has 0 bridgehead atoms. The molecule has 22 heavy (non-hydrogen) atoms. The number of carbonyl (C=O) groups is 2. The second-order valence-electron chi connectivity index (χ2n) is 5.58. The zero-order chi connectivity index (χ0) is 16.7. The fraction of sp³-hybridized carbons (Fsp3) is 0.438. The summed E-state index contributed by atoms with van der Waals surface area (Å²) >= 11 is 0. The van der Waals surface area contributed by atoms with E-state index in [0.29, 0.717) is 17.5 Å². The van der Waals surface area contributed by atoms with Gasteiger partial charge in [-0.05, 0) is 24.0 Å². The predicted octanol–water partition coefficient (Wildman–Crippen LogP) is 0.478. The number of aliphatic hydroxyl groups is 1. The van der Waals surface area contributed by atoms with Crippen molar-refractivity contribution in [3.05, 3.63) is 35.4 Å². The van der Waals surface area contributed by atoms with Crippen LogP contribution in [0, 0.1) is 17.2 Å². The van der Waals surface area contributed by atoms with Crippen molar-refractivity contribution in [2.75, 3.05) is 0 Å². The minimum Gasteiger partial charge on any atom is -0.383 e. The van der Waals surface area contributed by atoms with Gasteiger partial charge in [-0.15, -0.1) is 0 Å². The van der Waals surface area contributed by atoms with Crippen molar-refractivity contribution in [3.8, 4) is 6.07 Å². The summed E-state index contributed by atoms with van der Waals surface area (Å²) in [5, 5.41) is 21.3. The fourth-order valence-corrected chi connectivity index (χ4v) is 2.07. The first-order chi connectivity index (χ1) is 10.3. The number of aliphatic hydroxyl groups excluding tert-OH is 1. The number of nitrogens with one attached hydrogen (secondary N) is 1. The van der Waals surface area contributed by atoms with Gasteiger partial charge in [0, 0.05) is 6.42 Å². The number of hydrogen-bond acceptors (Lipinski definition) is 4. The average Bonchev–Trinajstić information content (AvgIpc) is 2.46. The Morgan fingerprint density at radius 3 is 2.55 bits per heavy atom. The smallest absolute Gasteiger partial charge is 0.249 e. The van der Waals surface area contributed by atoms with E-state index in [9.17, 15) is 14.7 Å². The second kappa shape index (κ2) is 8.15. The summed E-state index contributed by atoms with van der Waals surface area (Å²) in [4.78, 5) is 23.4. The molecule has 0 aliphatic rings. The molecule has 1 rings (SSSR count). The summed E-state index contributed by atoms with van der Waals surface area (Å²) in [6.45, 7) is 3.76. The lowest BCUT2D eigenvalue weighted by Gasteiger charge is -2.19. The summed E-state index contributed by atoms with van der Waals surface area (Å²) in [5.74, 6) is -1.20. The minimum absolute atomic E-state index is 0.110. The molecule has 0 radical (unpaired) electrons. The largest absolute Gasteiger partial charge is 0.383 e. The van der Waals surface area contributed by atoms with Crippen LogP contribution in [0.4, 0.5) is 0 Å². The maximum atomic E-state index is 11.9. The minimum atomic E-state index is -1.19. The number of primary amides is 1. The van der Waals surface area contributed by atoms with Crippen LogP contribution in [-0.4, -0.2) is 29.1 Å². The molecule has 2 atom stereocenters. The number of hydrogen-bond donors (Lipinski definition) is 3. The van der Waals surface area contributed by atoms with E-state index >= 15 is 0 Å². The van der Waals surface area contributed by atoms with E-state index in [1.165, 1.54) is 0 Å². The molecule has 118 valence electrons. The van der Waals surface area contributed by atoms with Gasteiger partial charge in [-0.3, -0.25) is 9.59 Å². The first-order valence-electron chi connectivity index (χ1n) is 7.11. The van der Waals surface area contributed by atoms with E-state index in [1.807, 2.05) is 19.9 Å². The molecule has 0 saturated carbocycles. The molecule has 2 amide bonds. The summed E-state index contributed by atoms with van der Waals surface area (Å²) in [5.41, 5.74) is 6.35. The Labute approximate surface area is 129 Å². The average molecular weight is 303 g/mol. The van der Waals surface area contributed by atoms with Gasteiger partial charge < -0.3 is 16.2 Å². The number of amides is 2. The third-order valence-electron chi connectivity index (χ3n) is 3.22. The molecule has 0 aromatic heterocycles. The third-order valence-corrected chi connectivity index (χ3v) is 3.22. The highest BCUT2D eigenvalue weighted by atomic mass is 16.3. The van der Waals surface area contributed by atoms with Gasteiger partial charge in [0.05, 0.1) is 11.6 Å². The maximum Gasteiger partial charge on any atom is 0.249 e. The fourth-order valence-electron chi connectivity index (χ4n) is 2.07. The number of nitrogens with two attached hydrogens (primary N) is 1. The van der Waals surface area contributed by atoms with Crippen molar-refractivity contribution < 1.29 is 14.7 Å². The number of rotatable bonds is 7. The molecule has 0 aliphatic heterocycles. The molecule has 4 N–H and O–H groups in total. The Kier molecular flexibility index (Phi) is 6.54. The number of carbonyl (C=O) groups excluding carboxylic acids is 2. The van der Waals surface area contributed by atoms with Gasteiger partial charge in [0.2, 0.25) is 11.8 Å². The Morgan fingerprint density at radius 1 is 1.36 bits per heavy atom. The monoisotopic (exact) mass is 303 g/mol. The van der Waals surface area contributed by atoms with Gasteiger partial charge in [0.25, 0.3) is 0 Å². The molecule has 0 unspecified atom stereocenters. The highest BCUT2D eigenvalue weighted by molar-refractivity contribution is 5.88. The van der Waals surface area contributed by atoms with E-state index in [-0.39, 0.29) is 12.3 Å². The van der Waals surface area contributed by atoms with Gasteiger partial charge in [0.15, 0.2) is 0 Å². The molecule has 1 aromatic rings. The van der Waals surface area contributed by atoms with E-state index in [1.54, 1.807) is 24.3 Å². The number of nitrogens with zero attached hydrogens (tertiary/aromatic N) is 1. The molecule has 0 heterocycles. The molecule has 0 fully saturated rings. The second-order valence-corrected chi connectivity index (χ2v) is 5.58. The highest BCUT2D eigenvalue weighted by Crippen LogP contribution is 2.11. The number of benzene rings is 1. The van der Waals surface area contributed by atoms with Gasteiger partial charge in [0.1, 0.15) is 12.1 Å². The van der Waals surface area contributed by atoms with Crippen LogP contribution in [0.5, 0.6) is 0 Å². The molecular weight excluding hydrogens is 282 g/mol. The van der Waals surface area contributed by atoms with Crippen molar-refractivity contribution in [1.29, 1.82) is 5.26 Å². The summed E-state index contributed by atoms with van der Waals surface area (Å²) in [6.07, 6.45) is -0.779. The SMILES string of the molecule is CC(C)C[C@@H](O)C(=O)N[C@@H](Cc1ccccc1C#N)C(N)=O. The van der Waals surface area contributed by atoms with Crippen LogP contribution in [0.1, 0.15) is 31.4 Å². The van der Waals surface area contributed by atoms with E-state index in [4.69, 9.17) is 11.0 Å². The standard InChI is InChI=1S/C16H21N3O3/c1-10(2)7-14(20)16(22)19-13(15(18)21)8-11-5-3-4-6-12(11)9-17/h3-6,10,13-14,20H,7-8H2,1-2H3,(H2,18,21)(H,19,22)/t13-,14+/m0/s1. The lowest BCUT2D eigenvalue weighted by atomic mass is 9.99. The Hall–Kier alpha value is -2.39. The van der Waals surface area contributed by atoms with Crippen LogP contribution in [0.25, 0.3) is 0 Å². The zero-order valence-corrected chi connectivity index (χ0v) is 12.7.